The number of aliphatic carboxylic acids is 1. The summed E-state index contributed by atoms with van der Waals surface area (Å²) in [6.45, 7) is 1.01. The van der Waals surface area contributed by atoms with Gasteiger partial charge in [0, 0.05) is 37.1 Å². The van der Waals surface area contributed by atoms with E-state index in [4.69, 9.17) is 14.6 Å². The number of nitro groups is 2. The molecule has 0 aromatic heterocycles. The van der Waals surface area contributed by atoms with E-state index in [1.54, 1.807) is 24.3 Å². The van der Waals surface area contributed by atoms with Gasteiger partial charge >= 0.3 is 11.9 Å². The highest BCUT2D eigenvalue weighted by Crippen LogP contribution is 2.18. The third-order valence-corrected chi connectivity index (χ3v) is 4.92. The molecule has 37 heavy (non-hydrogen) atoms. The van der Waals surface area contributed by atoms with Crippen LogP contribution in [0.15, 0.2) is 48.5 Å². The minimum Gasteiger partial charge on any atom is -0.494 e. The zero-order valence-electron chi connectivity index (χ0n) is 20.7. The quantitative estimate of drug-likeness (QED) is 0.132. The number of carbonyl (C=O) groups is 2. The van der Waals surface area contributed by atoms with Gasteiger partial charge in [-0.2, -0.15) is 0 Å². The zero-order chi connectivity index (χ0) is 27.5. The molecule has 0 amide bonds. The van der Waals surface area contributed by atoms with Gasteiger partial charge in [-0.1, -0.05) is 0 Å². The molecule has 0 spiro atoms. The molecule has 202 valence electrons. The maximum absolute atomic E-state index is 10.8. The predicted molar refractivity (Wildman–Crippen MR) is 134 cm³/mol. The molecule has 12 nitrogen and oxygen atoms in total. The Bertz CT molecular complexity index is 978. The molecule has 1 N–H and O–H groups in total. The van der Waals surface area contributed by atoms with Crippen LogP contribution in [0.25, 0.3) is 0 Å². The van der Waals surface area contributed by atoms with E-state index in [2.05, 4.69) is 4.74 Å². The first-order chi connectivity index (χ1) is 17.7. The fourth-order valence-corrected chi connectivity index (χ4v) is 2.91. The normalized spacial score (nSPS) is 9.97. The second-order valence-corrected chi connectivity index (χ2v) is 7.79. The molecule has 2 aromatic rings. The molecular weight excluding hydrogens is 488 g/mol. The standard InChI is InChI=1S/C13H17NO5.C12H15NO5/c1-18-13(15)5-3-2-4-10-19-12-8-6-11(7-9-12)14(16)17;14-12(15)4-2-1-3-9-18-11-7-5-10(6-8-11)13(16)17/h6-9H,2-5,10H2,1H3;5-8H,1-4,9H2,(H,14,15). The summed E-state index contributed by atoms with van der Waals surface area (Å²) in [6.07, 6.45) is 5.28. The SMILES string of the molecule is COC(=O)CCCCCOc1ccc([N+](=O)[O-])cc1.O=C(O)CCCCCOc1ccc([N+](=O)[O-])cc1. The Morgan fingerprint density at radius 1 is 0.703 bits per heavy atom. The Balaban J connectivity index is 0.000000371. The molecule has 0 aliphatic rings. The number of hydrogen-bond acceptors (Lipinski definition) is 9. The van der Waals surface area contributed by atoms with Crippen LogP contribution in [0.3, 0.4) is 0 Å². The summed E-state index contributed by atoms with van der Waals surface area (Å²) in [5, 5.41) is 29.3. The summed E-state index contributed by atoms with van der Waals surface area (Å²) in [5.74, 6) is 0.208. The van der Waals surface area contributed by atoms with Crippen molar-refractivity contribution in [3.05, 3.63) is 68.8 Å². The molecule has 0 radical (unpaired) electrons. The summed E-state index contributed by atoms with van der Waals surface area (Å²) < 4.78 is 15.3. The third-order valence-electron chi connectivity index (χ3n) is 4.92. The average molecular weight is 521 g/mol. The van der Waals surface area contributed by atoms with Crippen molar-refractivity contribution in [2.45, 2.75) is 51.4 Å². The van der Waals surface area contributed by atoms with E-state index in [0.717, 1.165) is 32.1 Å². The Morgan fingerprint density at radius 2 is 1.11 bits per heavy atom. The Morgan fingerprint density at radius 3 is 1.46 bits per heavy atom. The molecule has 0 heterocycles. The number of non-ortho nitro benzene ring substituents is 2. The van der Waals surface area contributed by atoms with Gasteiger partial charge in [0.1, 0.15) is 11.5 Å². The van der Waals surface area contributed by atoms with Gasteiger partial charge < -0.3 is 19.3 Å². The lowest BCUT2D eigenvalue weighted by Gasteiger charge is -2.05. The van der Waals surface area contributed by atoms with Crippen molar-refractivity contribution in [1.82, 2.24) is 0 Å². The maximum atomic E-state index is 10.8. The van der Waals surface area contributed by atoms with Crippen LogP contribution in [0.2, 0.25) is 0 Å². The number of carboxylic acids is 1. The topological polar surface area (TPSA) is 168 Å². The lowest BCUT2D eigenvalue weighted by atomic mass is 10.2. The third kappa shape index (κ3) is 14.7. The number of nitro benzene ring substituents is 2. The van der Waals surface area contributed by atoms with E-state index in [0.29, 0.717) is 37.6 Å². The first kappa shape index (κ1) is 30.8. The van der Waals surface area contributed by atoms with Gasteiger partial charge in [-0.15, -0.1) is 0 Å². The van der Waals surface area contributed by atoms with Crippen LogP contribution in [0, 0.1) is 20.2 Å². The molecule has 12 heteroatoms. The van der Waals surface area contributed by atoms with Crippen molar-refractivity contribution >= 4 is 23.3 Å². The zero-order valence-corrected chi connectivity index (χ0v) is 20.7. The number of ether oxygens (including phenoxy) is 3. The van der Waals surface area contributed by atoms with Gasteiger partial charge in [0.15, 0.2) is 0 Å². The first-order valence-corrected chi connectivity index (χ1v) is 11.8. The van der Waals surface area contributed by atoms with Crippen molar-refractivity contribution in [2.75, 3.05) is 20.3 Å². The van der Waals surface area contributed by atoms with Gasteiger partial charge in [0.25, 0.3) is 11.4 Å². The van der Waals surface area contributed by atoms with E-state index < -0.39 is 15.8 Å². The van der Waals surface area contributed by atoms with Crippen LogP contribution in [0.4, 0.5) is 11.4 Å². The number of carbonyl (C=O) groups excluding carboxylic acids is 1. The van der Waals surface area contributed by atoms with Crippen molar-refractivity contribution < 1.29 is 38.8 Å². The molecule has 2 rings (SSSR count). The molecule has 0 aliphatic heterocycles. The lowest BCUT2D eigenvalue weighted by molar-refractivity contribution is -0.385. The van der Waals surface area contributed by atoms with Gasteiger partial charge in [0.05, 0.1) is 30.2 Å². The van der Waals surface area contributed by atoms with E-state index in [1.165, 1.54) is 31.4 Å². The molecule has 0 aliphatic carbocycles. The molecule has 0 fully saturated rings. The largest absolute Gasteiger partial charge is 0.494 e. The van der Waals surface area contributed by atoms with Crippen LogP contribution in [-0.2, 0) is 14.3 Å². The summed E-state index contributed by atoms with van der Waals surface area (Å²) >= 11 is 0. The summed E-state index contributed by atoms with van der Waals surface area (Å²) in [5.41, 5.74) is 0.0780. The van der Waals surface area contributed by atoms with Crippen molar-refractivity contribution in [1.29, 1.82) is 0 Å². The second kappa shape index (κ2) is 18.1. The predicted octanol–water partition coefficient (Wildman–Crippen LogP) is 5.33. The molecule has 0 atom stereocenters. The average Bonchev–Trinajstić information content (AvgIpc) is 2.88. The van der Waals surface area contributed by atoms with Gasteiger partial charge in [-0.25, -0.2) is 0 Å². The molecular formula is C25H32N2O10. The number of esters is 1. The van der Waals surface area contributed by atoms with Crippen LogP contribution in [-0.4, -0.2) is 47.2 Å². The number of unbranched alkanes of at least 4 members (excludes halogenated alkanes) is 4. The monoisotopic (exact) mass is 520 g/mol. The van der Waals surface area contributed by atoms with E-state index >= 15 is 0 Å². The minimum absolute atomic E-state index is 0.0313. The van der Waals surface area contributed by atoms with Gasteiger partial charge in [0.2, 0.25) is 0 Å². The summed E-state index contributed by atoms with van der Waals surface area (Å²) in [4.78, 5) is 41.1. The van der Waals surface area contributed by atoms with E-state index in [1.807, 2.05) is 0 Å². The summed E-state index contributed by atoms with van der Waals surface area (Å²) in [6, 6.07) is 11.8. The number of benzene rings is 2. The molecule has 0 unspecified atom stereocenters. The van der Waals surface area contributed by atoms with Crippen molar-refractivity contribution in [3.63, 3.8) is 0 Å². The number of methoxy groups -OCH3 is 1. The smallest absolute Gasteiger partial charge is 0.305 e. The Hall–Kier alpha value is -4.22. The Labute approximate surface area is 214 Å². The summed E-state index contributed by atoms with van der Waals surface area (Å²) in [7, 11) is 1.38. The highest BCUT2D eigenvalue weighted by molar-refractivity contribution is 5.69. The van der Waals surface area contributed by atoms with Crippen LogP contribution < -0.4 is 9.47 Å². The molecule has 0 saturated heterocycles. The second-order valence-electron chi connectivity index (χ2n) is 7.79. The molecule has 0 bridgehead atoms. The lowest BCUT2D eigenvalue weighted by Crippen LogP contribution is -2.01. The van der Waals surface area contributed by atoms with Crippen molar-refractivity contribution in [2.24, 2.45) is 0 Å². The number of rotatable bonds is 16. The van der Waals surface area contributed by atoms with Crippen LogP contribution in [0.1, 0.15) is 51.4 Å². The fourth-order valence-electron chi connectivity index (χ4n) is 2.91. The maximum Gasteiger partial charge on any atom is 0.305 e. The Kier molecular flexibility index (Phi) is 15.1. The van der Waals surface area contributed by atoms with Crippen molar-refractivity contribution in [3.8, 4) is 11.5 Å². The highest BCUT2D eigenvalue weighted by atomic mass is 16.6. The number of hydrogen-bond donors (Lipinski definition) is 1. The van der Waals surface area contributed by atoms with Gasteiger partial charge in [-0.3, -0.25) is 29.8 Å². The highest BCUT2D eigenvalue weighted by Gasteiger charge is 2.05. The number of carboxylic acid groups (broad SMARTS) is 1. The number of nitrogens with zero attached hydrogens (tertiary/aromatic N) is 2. The molecule has 0 saturated carbocycles. The first-order valence-electron chi connectivity index (χ1n) is 11.8. The molecule has 2 aromatic carbocycles. The van der Waals surface area contributed by atoms with E-state index in [9.17, 15) is 29.8 Å². The minimum atomic E-state index is -0.786. The van der Waals surface area contributed by atoms with Gasteiger partial charge in [-0.05, 0) is 62.8 Å². The van der Waals surface area contributed by atoms with E-state index in [-0.39, 0.29) is 23.8 Å². The van der Waals surface area contributed by atoms with Crippen LogP contribution >= 0.6 is 0 Å². The fraction of sp³-hybridized carbons (Fsp3) is 0.440. The van der Waals surface area contributed by atoms with Crippen LogP contribution in [0.5, 0.6) is 11.5 Å².